The van der Waals surface area contributed by atoms with Crippen LogP contribution in [0.5, 0.6) is 0 Å². The number of amides is 1. The first kappa shape index (κ1) is 17.5. The highest BCUT2D eigenvalue weighted by molar-refractivity contribution is 5.94. The number of fused-ring (bicyclic) bond motifs is 1. The zero-order valence-corrected chi connectivity index (χ0v) is 15.3. The second-order valence-electron chi connectivity index (χ2n) is 6.93. The van der Waals surface area contributed by atoms with Crippen LogP contribution in [0.3, 0.4) is 0 Å². The van der Waals surface area contributed by atoms with Crippen LogP contribution >= 0.6 is 0 Å². The van der Waals surface area contributed by atoms with Crippen LogP contribution in [-0.2, 0) is 12.8 Å². The molecule has 1 heterocycles. The van der Waals surface area contributed by atoms with E-state index in [9.17, 15) is 4.79 Å². The van der Waals surface area contributed by atoms with Crippen molar-refractivity contribution in [3.8, 4) is 0 Å². The van der Waals surface area contributed by atoms with E-state index in [0.29, 0.717) is 6.54 Å². The lowest BCUT2D eigenvalue weighted by molar-refractivity contribution is 0.0954. The summed E-state index contributed by atoms with van der Waals surface area (Å²) in [7, 11) is 0. The zero-order chi connectivity index (χ0) is 17.6. The zero-order valence-electron chi connectivity index (χ0n) is 15.3. The number of nitrogens with zero attached hydrogens (tertiary/aromatic N) is 1. The maximum atomic E-state index is 12.2. The third-order valence-corrected chi connectivity index (χ3v) is 4.87. The topological polar surface area (TPSA) is 32.3 Å². The first-order chi connectivity index (χ1) is 12.2. The standard InChI is InChI=1S/C22H28N2O/c1-3-14-24-15-4-5-20-16-18(8-11-21(20)24)12-13-23-22(25)19-9-6-17(2)7-10-19/h6-11,16H,3-5,12-15H2,1-2H3,(H,23,25). The number of rotatable bonds is 6. The molecule has 1 amide bonds. The number of benzene rings is 2. The summed E-state index contributed by atoms with van der Waals surface area (Å²) >= 11 is 0. The summed E-state index contributed by atoms with van der Waals surface area (Å²) in [5.41, 5.74) is 6.07. The van der Waals surface area contributed by atoms with Gasteiger partial charge in [-0.1, -0.05) is 36.8 Å². The number of aryl methyl sites for hydroxylation is 2. The van der Waals surface area contributed by atoms with Crippen molar-refractivity contribution in [2.45, 2.75) is 39.5 Å². The number of carbonyl (C=O) groups is 1. The molecule has 0 atom stereocenters. The van der Waals surface area contributed by atoms with Crippen LogP contribution in [0.15, 0.2) is 42.5 Å². The molecule has 0 bridgehead atoms. The molecule has 3 heteroatoms. The predicted molar refractivity (Wildman–Crippen MR) is 104 cm³/mol. The van der Waals surface area contributed by atoms with Crippen molar-refractivity contribution in [2.75, 3.05) is 24.5 Å². The summed E-state index contributed by atoms with van der Waals surface area (Å²) in [6.07, 6.45) is 4.46. The van der Waals surface area contributed by atoms with Crippen LogP contribution in [0.25, 0.3) is 0 Å². The van der Waals surface area contributed by atoms with Gasteiger partial charge >= 0.3 is 0 Å². The Balaban J connectivity index is 1.57. The van der Waals surface area contributed by atoms with Gasteiger partial charge in [0.15, 0.2) is 0 Å². The molecule has 3 rings (SSSR count). The Labute approximate surface area is 151 Å². The Bertz CT molecular complexity index is 721. The van der Waals surface area contributed by atoms with Crippen molar-refractivity contribution in [3.05, 3.63) is 64.7 Å². The van der Waals surface area contributed by atoms with Crippen LogP contribution in [0.1, 0.15) is 46.8 Å². The average molecular weight is 336 g/mol. The van der Waals surface area contributed by atoms with Gasteiger partial charge in [0.2, 0.25) is 0 Å². The van der Waals surface area contributed by atoms with E-state index in [1.165, 1.54) is 48.2 Å². The summed E-state index contributed by atoms with van der Waals surface area (Å²) < 4.78 is 0. The molecule has 1 aliphatic rings. The highest BCUT2D eigenvalue weighted by Crippen LogP contribution is 2.28. The third kappa shape index (κ3) is 4.41. The Morgan fingerprint density at radius 1 is 1.16 bits per heavy atom. The molecule has 3 nitrogen and oxygen atoms in total. The van der Waals surface area contributed by atoms with Crippen LogP contribution < -0.4 is 10.2 Å². The molecular weight excluding hydrogens is 308 g/mol. The van der Waals surface area contributed by atoms with Crippen molar-refractivity contribution < 1.29 is 4.79 Å². The summed E-state index contributed by atoms with van der Waals surface area (Å²) in [6.45, 7) is 7.24. The highest BCUT2D eigenvalue weighted by atomic mass is 16.1. The molecule has 0 spiro atoms. The van der Waals surface area contributed by atoms with E-state index in [-0.39, 0.29) is 5.91 Å². The smallest absolute Gasteiger partial charge is 0.251 e. The van der Waals surface area contributed by atoms with Gasteiger partial charge in [-0.2, -0.15) is 0 Å². The lowest BCUT2D eigenvalue weighted by Crippen LogP contribution is -2.30. The lowest BCUT2D eigenvalue weighted by atomic mass is 9.98. The molecule has 0 fully saturated rings. The van der Waals surface area contributed by atoms with Gasteiger partial charge in [-0.3, -0.25) is 4.79 Å². The van der Waals surface area contributed by atoms with Crippen molar-refractivity contribution in [2.24, 2.45) is 0 Å². The van der Waals surface area contributed by atoms with Gasteiger partial charge in [-0.15, -0.1) is 0 Å². The summed E-state index contributed by atoms with van der Waals surface area (Å²) in [6, 6.07) is 14.5. The molecule has 2 aromatic carbocycles. The lowest BCUT2D eigenvalue weighted by Gasteiger charge is -2.31. The highest BCUT2D eigenvalue weighted by Gasteiger charge is 2.16. The minimum Gasteiger partial charge on any atom is -0.371 e. The van der Waals surface area contributed by atoms with Crippen LogP contribution in [0.2, 0.25) is 0 Å². The monoisotopic (exact) mass is 336 g/mol. The Hall–Kier alpha value is -2.29. The number of anilines is 1. The summed E-state index contributed by atoms with van der Waals surface area (Å²) in [5.74, 6) is 0.00656. The minimum atomic E-state index is 0.00656. The van der Waals surface area contributed by atoms with E-state index < -0.39 is 0 Å². The van der Waals surface area contributed by atoms with Crippen molar-refractivity contribution in [1.29, 1.82) is 0 Å². The van der Waals surface area contributed by atoms with Gasteiger partial charge in [0.05, 0.1) is 0 Å². The number of carbonyl (C=O) groups excluding carboxylic acids is 1. The van der Waals surface area contributed by atoms with Gasteiger partial charge in [0.1, 0.15) is 0 Å². The molecule has 1 aliphatic heterocycles. The normalized spacial score (nSPS) is 13.4. The molecule has 0 saturated carbocycles. The SMILES string of the molecule is CCCN1CCCc2cc(CCNC(=O)c3ccc(C)cc3)ccc21. The maximum absolute atomic E-state index is 12.2. The van der Waals surface area contributed by atoms with Crippen LogP contribution in [0, 0.1) is 6.92 Å². The fourth-order valence-corrected chi connectivity index (χ4v) is 3.51. The Morgan fingerprint density at radius 3 is 2.72 bits per heavy atom. The van der Waals surface area contributed by atoms with E-state index >= 15 is 0 Å². The maximum Gasteiger partial charge on any atom is 0.251 e. The number of nitrogens with one attached hydrogen (secondary N) is 1. The molecule has 1 N–H and O–H groups in total. The minimum absolute atomic E-state index is 0.00656. The summed E-state index contributed by atoms with van der Waals surface area (Å²) in [5, 5.41) is 3.03. The van der Waals surface area contributed by atoms with Crippen molar-refractivity contribution in [1.82, 2.24) is 5.32 Å². The molecule has 0 aliphatic carbocycles. The van der Waals surface area contributed by atoms with Crippen molar-refractivity contribution in [3.63, 3.8) is 0 Å². The first-order valence-corrected chi connectivity index (χ1v) is 9.39. The van der Waals surface area contributed by atoms with Crippen LogP contribution in [-0.4, -0.2) is 25.5 Å². The van der Waals surface area contributed by atoms with Gasteiger partial charge < -0.3 is 10.2 Å². The first-order valence-electron chi connectivity index (χ1n) is 9.39. The van der Waals surface area contributed by atoms with E-state index in [4.69, 9.17) is 0 Å². The Kier molecular flexibility index (Phi) is 5.75. The number of hydrogen-bond acceptors (Lipinski definition) is 2. The molecule has 0 unspecified atom stereocenters. The van der Waals surface area contributed by atoms with Gasteiger partial charge in [-0.05, 0) is 61.9 Å². The van der Waals surface area contributed by atoms with E-state index in [2.05, 4.69) is 35.3 Å². The predicted octanol–water partition coefficient (Wildman–Crippen LogP) is 4.13. The number of hydrogen-bond donors (Lipinski definition) is 1. The van der Waals surface area contributed by atoms with E-state index in [0.717, 1.165) is 18.5 Å². The average Bonchev–Trinajstić information content (AvgIpc) is 2.62. The third-order valence-electron chi connectivity index (χ3n) is 4.87. The van der Waals surface area contributed by atoms with Crippen molar-refractivity contribution >= 4 is 11.6 Å². The largest absolute Gasteiger partial charge is 0.371 e. The molecule has 2 aromatic rings. The second kappa shape index (κ2) is 8.19. The molecular formula is C22H28N2O. The fourth-order valence-electron chi connectivity index (χ4n) is 3.51. The van der Waals surface area contributed by atoms with E-state index in [1.807, 2.05) is 31.2 Å². The van der Waals surface area contributed by atoms with Gasteiger partial charge in [-0.25, -0.2) is 0 Å². The van der Waals surface area contributed by atoms with Crippen LogP contribution in [0.4, 0.5) is 5.69 Å². The molecule has 0 saturated heterocycles. The van der Waals surface area contributed by atoms with Gasteiger partial charge in [0, 0.05) is 30.9 Å². The van der Waals surface area contributed by atoms with E-state index in [1.54, 1.807) is 0 Å². The Morgan fingerprint density at radius 2 is 1.96 bits per heavy atom. The molecule has 0 aromatic heterocycles. The second-order valence-corrected chi connectivity index (χ2v) is 6.93. The summed E-state index contributed by atoms with van der Waals surface area (Å²) in [4.78, 5) is 14.7. The molecule has 25 heavy (non-hydrogen) atoms. The quantitative estimate of drug-likeness (QED) is 0.860. The molecule has 0 radical (unpaired) electrons. The molecule has 132 valence electrons. The van der Waals surface area contributed by atoms with Gasteiger partial charge in [0.25, 0.3) is 5.91 Å². The fraction of sp³-hybridized carbons (Fsp3) is 0.409.